The Balaban J connectivity index is 1.34. The minimum absolute atomic E-state index is 0.0154. The molecule has 10 heteroatoms. The van der Waals surface area contributed by atoms with E-state index in [9.17, 15) is 19.2 Å². The third-order valence-corrected chi connectivity index (χ3v) is 7.99. The molecule has 2 atom stereocenters. The van der Waals surface area contributed by atoms with Crippen molar-refractivity contribution in [1.82, 2.24) is 20.1 Å². The molecule has 1 saturated heterocycles. The molecule has 2 fully saturated rings. The summed E-state index contributed by atoms with van der Waals surface area (Å²) in [6.07, 6.45) is 6.69. The summed E-state index contributed by atoms with van der Waals surface area (Å²) in [5.41, 5.74) is 8.14. The van der Waals surface area contributed by atoms with E-state index in [0.29, 0.717) is 12.2 Å². The summed E-state index contributed by atoms with van der Waals surface area (Å²) in [6.45, 7) is 0.552. The molecule has 3 aromatic rings. The molecular weight excluding hydrogens is 508 g/mol. The first-order chi connectivity index (χ1) is 19.4. The SMILES string of the molecule is NC(=O)[C@@H](Cc1c[nH]c2ccccc12)NC(=O)[C@@H]1CN(C(=O)Nc2ccccc2)CCN1C(=O)C1CCCCC1. The lowest BCUT2D eigenvalue weighted by Gasteiger charge is -2.42. The normalized spacial score (nSPS) is 18.8. The first kappa shape index (κ1) is 27.2. The van der Waals surface area contributed by atoms with Gasteiger partial charge in [-0.05, 0) is 36.6 Å². The Kier molecular flexibility index (Phi) is 8.33. The summed E-state index contributed by atoms with van der Waals surface area (Å²) in [5.74, 6) is -1.36. The Morgan fingerprint density at radius 1 is 0.950 bits per heavy atom. The van der Waals surface area contributed by atoms with Crippen LogP contribution in [-0.4, -0.2) is 70.3 Å². The number of carbonyl (C=O) groups is 4. The van der Waals surface area contributed by atoms with Crippen LogP contribution >= 0.6 is 0 Å². The van der Waals surface area contributed by atoms with Crippen LogP contribution in [0.1, 0.15) is 37.7 Å². The van der Waals surface area contributed by atoms with Crippen molar-refractivity contribution in [2.75, 3.05) is 25.0 Å². The van der Waals surface area contributed by atoms with Crippen LogP contribution in [0.25, 0.3) is 10.9 Å². The van der Waals surface area contributed by atoms with Crippen molar-refractivity contribution >= 4 is 40.3 Å². The fourth-order valence-electron chi connectivity index (χ4n) is 5.77. The minimum atomic E-state index is -0.980. The van der Waals surface area contributed by atoms with E-state index in [1.54, 1.807) is 21.9 Å². The van der Waals surface area contributed by atoms with E-state index in [2.05, 4.69) is 15.6 Å². The van der Waals surface area contributed by atoms with Gasteiger partial charge in [0.25, 0.3) is 0 Å². The standard InChI is InChI=1S/C30H36N6O4/c31-27(37)25(17-21-18-32-24-14-8-7-13-23(21)24)34-28(38)26-19-35(30(40)33-22-11-5-2-6-12-22)15-16-36(26)29(39)20-9-3-1-4-10-20/h2,5-8,11-14,18,20,25-26,32H,1,3-4,9-10,15-17,19H2,(H2,31,37)(H,33,40)(H,34,38)/t25-,26+/m1/s1. The van der Waals surface area contributed by atoms with Gasteiger partial charge in [0.1, 0.15) is 12.1 Å². The average molecular weight is 545 g/mol. The molecule has 1 aromatic heterocycles. The van der Waals surface area contributed by atoms with Gasteiger partial charge in [0.15, 0.2) is 0 Å². The lowest BCUT2D eigenvalue weighted by molar-refractivity contribution is -0.147. The number of piperazine rings is 1. The number of amides is 5. The highest BCUT2D eigenvalue weighted by molar-refractivity contribution is 5.95. The number of urea groups is 1. The Hall–Kier alpha value is -4.34. The molecule has 2 heterocycles. The average Bonchev–Trinajstić information content (AvgIpc) is 3.39. The number of nitrogens with zero attached hydrogens (tertiary/aromatic N) is 2. The van der Waals surface area contributed by atoms with Crippen LogP contribution < -0.4 is 16.4 Å². The van der Waals surface area contributed by atoms with Crippen LogP contribution in [0, 0.1) is 5.92 Å². The predicted octanol–water partition coefficient (Wildman–Crippen LogP) is 3.01. The molecule has 210 valence electrons. The maximum absolute atomic E-state index is 13.8. The van der Waals surface area contributed by atoms with Gasteiger partial charge >= 0.3 is 6.03 Å². The number of carbonyl (C=O) groups excluding carboxylic acids is 4. The van der Waals surface area contributed by atoms with Gasteiger partial charge in [-0.1, -0.05) is 55.7 Å². The summed E-state index contributed by atoms with van der Waals surface area (Å²) in [7, 11) is 0. The molecular formula is C30H36N6O4. The highest BCUT2D eigenvalue weighted by Gasteiger charge is 2.40. The molecule has 0 bridgehead atoms. The molecule has 1 saturated carbocycles. The topological polar surface area (TPSA) is 141 Å². The molecule has 5 rings (SSSR count). The van der Waals surface area contributed by atoms with Crippen molar-refractivity contribution < 1.29 is 19.2 Å². The van der Waals surface area contributed by atoms with Crippen molar-refractivity contribution in [3.63, 3.8) is 0 Å². The van der Waals surface area contributed by atoms with Gasteiger partial charge in [-0.15, -0.1) is 0 Å². The van der Waals surface area contributed by atoms with Crippen molar-refractivity contribution in [3.05, 3.63) is 66.4 Å². The molecule has 2 aromatic carbocycles. The van der Waals surface area contributed by atoms with Gasteiger partial charge in [0.2, 0.25) is 17.7 Å². The molecule has 2 aliphatic rings. The second kappa shape index (κ2) is 12.2. The molecule has 5 N–H and O–H groups in total. The number of benzene rings is 2. The third-order valence-electron chi connectivity index (χ3n) is 7.99. The maximum atomic E-state index is 13.8. The number of hydrogen-bond donors (Lipinski definition) is 4. The number of primary amides is 1. The fourth-order valence-corrected chi connectivity index (χ4v) is 5.77. The van der Waals surface area contributed by atoms with Crippen LogP contribution in [0.4, 0.5) is 10.5 Å². The van der Waals surface area contributed by atoms with Crippen molar-refractivity contribution in [3.8, 4) is 0 Å². The molecule has 10 nitrogen and oxygen atoms in total. The van der Waals surface area contributed by atoms with E-state index < -0.39 is 23.9 Å². The lowest BCUT2D eigenvalue weighted by atomic mass is 9.87. The smallest absolute Gasteiger partial charge is 0.321 e. The summed E-state index contributed by atoms with van der Waals surface area (Å²) in [4.78, 5) is 59.2. The zero-order valence-electron chi connectivity index (χ0n) is 22.5. The number of nitrogens with one attached hydrogen (secondary N) is 3. The van der Waals surface area contributed by atoms with E-state index >= 15 is 0 Å². The van der Waals surface area contributed by atoms with Crippen LogP contribution in [0.15, 0.2) is 60.8 Å². The zero-order chi connectivity index (χ0) is 28.1. The van der Waals surface area contributed by atoms with Crippen LogP contribution in [0.3, 0.4) is 0 Å². The van der Waals surface area contributed by atoms with Crippen molar-refractivity contribution in [2.45, 2.75) is 50.6 Å². The van der Waals surface area contributed by atoms with E-state index in [4.69, 9.17) is 5.73 Å². The Labute approximate surface area is 233 Å². The van der Waals surface area contributed by atoms with E-state index in [-0.39, 0.29) is 37.4 Å². The highest BCUT2D eigenvalue weighted by atomic mass is 16.2. The molecule has 40 heavy (non-hydrogen) atoms. The van der Waals surface area contributed by atoms with Crippen LogP contribution in [-0.2, 0) is 20.8 Å². The Morgan fingerprint density at radius 2 is 1.68 bits per heavy atom. The lowest BCUT2D eigenvalue weighted by Crippen LogP contribution is -2.64. The van der Waals surface area contributed by atoms with Crippen molar-refractivity contribution in [1.29, 1.82) is 0 Å². The second-order valence-electron chi connectivity index (χ2n) is 10.7. The Bertz CT molecular complexity index is 1370. The number of nitrogens with two attached hydrogens (primary N) is 1. The van der Waals surface area contributed by atoms with Gasteiger partial charge < -0.3 is 31.2 Å². The second-order valence-corrected chi connectivity index (χ2v) is 10.7. The largest absolute Gasteiger partial charge is 0.368 e. The first-order valence-corrected chi connectivity index (χ1v) is 14.0. The molecule has 0 unspecified atom stereocenters. The summed E-state index contributed by atoms with van der Waals surface area (Å²) < 4.78 is 0. The van der Waals surface area contributed by atoms with Gasteiger partial charge in [-0.25, -0.2) is 4.79 Å². The molecule has 1 aliphatic carbocycles. The van der Waals surface area contributed by atoms with Crippen molar-refractivity contribution in [2.24, 2.45) is 11.7 Å². The van der Waals surface area contributed by atoms with E-state index in [1.165, 1.54) is 0 Å². The third kappa shape index (κ3) is 6.11. The number of aromatic nitrogens is 1. The van der Waals surface area contributed by atoms with Gasteiger partial charge in [0.05, 0.1) is 6.54 Å². The Morgan fingerprint density at radius 3 is 2.42 bits per heavy atom. The summed E-state index contributed by atoms with van der Waals surface area (Å²) in [5, 5.41) is 6.61. The van der Waals surface area contributed by atoms with Gasteiger partial charge in [-0.3, -0.25) is 14.4 Å². The molecule has 5 amide bonds. The highest BCUT2D eigenvalue weighted by Crippen LogP contribution is 2.27. The van der Waals surface area contributed by atoms with Crippen LogP contribution in [0.5, 0.6) is 0 Å². The molecule has 0 spiro atoms. The maximum Gasteiger partial charge on any atom is 0.321 e. The van der Waals surface area contributed by atoms with Crippen LogP contribution in [0.2, 0.25) is 0 Å². The predicted molar refractivity (Wildman–Crippen MR) is 152 cm³/mol. The number of rotatable bonds is 7. The minimum Gasteiger partial charge on any atom is -0.368 e. The van der Waals surface area contributed by atoms with E-state index in [0.717, 1.165) is 48.6 Å². The van der Waals surface area contributed by atoms with E-state index in [1.807, 2.05) is 48.7 Å². The number of H-pyrrole nitrogens is 1. The number of para-hydroxylation sites is 2. The van der Waals surface area contributed by atoms with Gasteiger partial charge in [0, 0.05) is 48.2 Å². The summed E-state index contributed by atoms with van der Waals surface area (Å²) in [6, 6.07) is 14.5. The first-order valence-electron chi connectivity index (χ1n) is 14.0. The fraction of sp³-hybridized carbons (Fsp3) is 0.400. The number of hydrogen-bond acceptors (Lipinski definition) is 4. The van der Waals surface area contributed by atoms with Gasteiger partial charge in [-0.2, -0.15) is 0 Å². The number of anilines is 1. The number of aromatic amines is 1. The monoisotopic (exact) mass is 544 g/mol. The summed E-state index contributed by atoms with van der Waals surface area (Å²) >= 11 is 0. The number of fused-ring (bicyclic) bond motifs is 1. The molecule has 1 aliphatic heterocycles. The zero-order valence-corrected chi connectivity index (χ0v) is 22.5. The quantitative estimate of drug-likeness (QED) is 0.363. The molecule has 0 radical (unpaired) electrons.